The van der Waals surface area contributed by atoms with Crippen LogP contribution in [0.3, 0.4) is 0 Å². The standard InChI is InChI=1S/C13H19N3O2/c1-4-18-8(2)13(17)16-12-7-11(10-5-6-10)14-9(3)15-12/h7-8,10H,4-6H2,1-3H3,(H,14,15,16,17). The molecule has 1 aromatic heterocycles. The van der Waals surface area contributed by atoms with Crippen LogP contribution in [0.4, 0.5) is 5.82 Å². The lowest BCUT2D eigenvalue weighted by atomic mass is 10.2. The van der Waals surface area contributed by atoms with Crippen LogP contribution in [0.1, 0.15) is 44.1 Å². The lowest BCUT2D eigenvalue weighted by Crippen LogP contribution is -2.28. The van der Waals surface area contributed by atoms with E-state index in [1.54, 1.807) is 6.92 Å². The van der Waals surface area contributed by atoms with Gasteiger partial charge in [-0.1, -0.05) is 0 Å². The number of carbonyl (C=O) groups is 1. The largest absolute Gasteiger partial charge is 0.369 e. The van der Waals surface area contributed by atoms with Crippen LogP contribution in [0.5, 0.6) is 0 Å². The van der Waals surface area contributed by atoms with Gasteiger partial charge in [0.25, 0.3) is 5.91 Å². The molecular weight excluding hydrogens is 230 g/mol. The van der Waals surface area contributed by atoms with Crippen molar-refractivity contribution in [2.45, 2.75) is 45.6 Å². The highest BCUT2D eigenvalue weighted by Crippen LogP contribution is 2.39. The average molecular weight is 249 g/mol. The molecule has 18 heavy (non-hydrogen) atoms. The molecule has 0 spiro atoms. The third-order valence-electron chi connectivity index (χ3n) is 2.89. The Labute approximate surface area is 107 Å². The zero-order chi connectivity index (χ0) is 13.1. The van der Waals surface area contributed by atoms with E-state index in [2.05, 4.69) is 15.3 Å². The minimum Gasteiger partial charge on any atom is -0.369 e. The van der Waals surface area contributed by atoms with E-state index in [0.29, 0.717) is 24.2 Å². The van der Waals surface area contributed by atoms with Gasteiger partial charge in [-0.05, 0) is 33.6 Å². The maximum absolute atomic E-state index is 11.8. The third kappa shape index (κ3) is 3.26. The first-order valence-electron chi connectivity index (χ1n) is 6.38. The molecule has 1 unspecified atom stereocenters. The maximum Gasteiger partial charge on any atom is 0.254 e. The minimum absolute atomic E-state index is 0.170. The lowest BCUT2D eigenvalue weighted by molar-refractivity contribution is -0.126. The summed E-state index contributed by atoms with van der Waals surface area (Å²) in [5, 5.41) is 2.78. The van der Waals surface area contributed by atoms with Crippen molar-refractivity contribution in [2.24, 2.45) is 0 Å². The van der Waals surface area contributed by atoms with E-state index >= 15 is 0 Å². The number of nitrogens with one attached hydrogen (secondary N) is 1. The van der Waals surface area contributed by atoms with Gasteiger partial charge in [0.2, 0.25) is 0 Å². The Morgan fingerprint density at radius 1 is 1.56 bits per heavy atom. The van der Waals surface area contributed by atoms with Crippen molar-refractivity contribution in [3.05, 3.63) is 17.6 Å². The molecule has 0 radical (unpaired) electrons. The number of amides is 1. The molecule has 0 saturated heterocycles. The summed E-state index contributed by atoms with van der Waals surface area (Å²) < 4.78 is 5.24. The van der Waals surface area contributed by atoms with Gasteiger partial charge in [0.15, 0.2) is 0 Å². The smallest absolute Gasteiger partial charge is 0.254 e. The number of aromatic nitrogens is 2. The zero-order valence-electron chi connectivity index (χ0n) is 11.1. The summed E-state index contributed by atoms with van der Waals surface area (Å²) in [4.78, 5) is 20.4. The highest BCUT2D eigenvalue weighted by Gasteiger charge is 2.26. The Kier molecular flexibility index (Phi) is 3.91. The summed E-state index contributed by atoms with van der Waals surface area (Å²) >= 11 is 0. The fraction of sp³-hybridized carbons (Fsp3) is 0.615. The highest BCUT2D eigenvalue weighted by molar-refractivity contribution is 5.93. The fourth-order valence-electron chi connectivity index (χ4n) is 1.80. The molecule has 5 heteroatoms. The summed E-state index contributed by atoms with van der Waals surface area (Å²) in [7, 11) is 0. The number of nitrogens with zero attached hydrogens (tertiary/aromatic N) is 2. The molecule has 0 bridgehead atoms. The molecule has 1 aromatic rings. The van der Waals surface area contributed by atoms with E-state index < -0.39 is 6.10 Å². The molecule has 1 atom stereocenters. The van der Waals surface area contributed by atoms with E-state index in [1.165, 1.54) is 12.8 Å². The number of anilines is 1. The van der Waals surface area contributed by atoms with Crippen molar-refractivity contribution in [1.82, 2.24) is 9.97 Å². The Balaban J connectivity index is 2.06. The van der Waals surface area contributed by atoms with Crippen molar-refractivity contribution in [3.63, 3.8) is 0 Å². The van der Waals surface area contributed by atoms with Crippen molar-refractivity contribution < 1.29 is 9.53 Å². The first-order chi connectivity index (χ1) is 8.60. The highest BCUT2D eigenvalue weighted by atomic mass is 16.5. The second-order valence-corrected chi connectivity index (χ2v) is 4.59. The van der Waals surface area contributed by atoms with Gasteiger partial charge in [-0.15, -0.1) is 0 Å². The topological polar surface area (TPSA) is 64.1 Å². The van der Waals surface area contributed by atoms with Gasteiger partial charge in [-0.25, -0.2) is 9.97 Å². The van der Waals surface area contributed by atoms with Crippen molar-refractivity contribution in [1.29, 1.82) is 0 Å². The van der Waals surface area contributed by atoms with Crippen LogP contribution in [-0.2, 0) is 9.53 Å². The second-order valence-electron chi connectivity index (χ2n) is 4.59. The first kappa shape index (κ1) is 13.0. The fourth-order valence-corrected chi connectivity index (χ4v) is 1.80. The minimum atomic E-state index is -0.463. The maximum atomic E-state index is 11.8. The summed E-state index contributed by atoms with van der Waals surface area (Å²) in [6.07, 6.45) is 1.90. The quantitative estimate of drug-likeness (QED) is 0.867. The number of rotatable bonds is 5. The van der Waals surface area contributed by atoms with Gasteiger partial charge in [-0.3, -0.25) is 4.79 Å². The summed E-state index contributed by atoms with van der Waals surface area (Å²) in [5.41, 5.74) is 1.03. The van der Waals surface area contributed by atoms with Crippen molar-refractivity contribution in [3.8, 4) is 0 Å². The first-order valence-corrected chi connectivity index (χ1v) is 6.38. The van der Waals surface area contributed by atoms with Gasteiger partial charge in [-0.2, -0.15) is 0 Å². The molecule has 1 aliphatic rings. The normalized spacial score (nSPS) is 16.4. The van der Waals surface area contributed by atoms with E-state index in [-0.39, 0.29) is 5.91 Å². The Morgan fingerprint density at radius 2 is 2.28 bits per heavy atom. The number of hydrogen-bond acceptors (Lipinski definition) is 4. The van der Waals surface area contributed by atoms with Gasteiger partial charge >= 0.3 is 0 Å². The molecule has 1 N–H and O–H groups in total. The summed E-state index contributed by atoms with van der Waals surface area (Å²) in [5.74, 6) is 1.64. The molecule has 98 valence electrons. The summed E-state index contributed by atoms with van der Waals surface area (Å²) in [6.45, 7) is 5.96. The summed E-state index contributed by atoms with van der Waals surface area (Å²) in [6, 6.07) is 1.86. The van der Waals surface area contributed by atoms with E-state index in [4.69, 9.17) is 4.74 Å². The molecule has 2 rings (SSSR count). The number of carbonyl (C=O) groups excluding carboxylic acids is 1. The second kappa shape index (κ2) is 5.44. The van der Waals surface area contributed by atoms with Crippen LogP contribution in [0, 0.1) is 6.92 Å². The predicted octanol–water partition coefficient (Wildman–Crippen LogP) is 2.03. The predicted molar refractivity (Wildman–Crippen MR) is 68.5 cm³/mol. The molecule has 1 aliphatic carbocycles. The third-order valence-corrected chi connectivity index (χ3v) is 2.89. The van der Waals surface area contributed by atoms with Crippen LogP contribution >= 0.6 is 0 Å². The molecule has 5 nitrogen and oxygen atoms in total. The number of ether oxygens (including phenoxy) is 1. The molecule has 1 heterocycles. The lowest BCUT2D eigenvalue weighted by Gasteiger charge is -2.12. The molecular formula is C13H19N3O2. The number of hydrogen-bond donors (Lipinski definition) is 1. The number of aryl methyl sites for hydroxylation is 1. The SMILES string of the molecule is CCOC(C)C(=O)Nc1cc(C2CC2)nc(C)n1. The van der Waals surface area contributed by atoms with Gasteiger partial charge in [0.1, 0.15) is 17.7 Å². The van der Waals surface area contributed by atoms with Crippen LogP contribution in [-0.4, -0.2) is 28.6 Å². The van der Waals surface area contributed by atoms with E-state index in [9.17, 15) is 4.79 Å². The molecule has 0 aliphatic heterocycles. The van der Waals surface area contributed by atoms with Crippen molar-refractivity contribution in [2.75, 3.05) is 11.9 Å². The molecule has 0 aromatic carbocycles. The van der Waals surface area contributed by atoms with E-state index in [1.807, 2.05) is 19.9 Å². The Bertz CT molecular complexity index is 444. The van der Waals surface area contributed by atoms with Gasteiger partial charge in [0, 0.05) is 24.3 Å². The molecule has 1 saturated carbocycles. The van der Waals surface area contributed by atoms with Gasteiger partial charge < -0.3 is 10.1 Å². The average Bonchev–Trinajstić information content (AvgIpc) is 3.12. The van der Waals surface area contributed by atoms with Crippen LogP contribution < -0.4 is 5.32 Å². The van der Waals surface area contributed by atoms with E-state index in [0.717, 1.165) is 5.69 Å². The molecule has 1 fully saturated rings. The Morgan fingerprint density at radius 3 is 2.89 bits per heavy atom. The van der Waals surface area contributed by atoms with Gasteiger partial charge in [0.05, 0.1) is 0 Å². The van der Waals surface area contributed by atoms with Crippen molar-refractivity contribution >= 4 is 11.7 Å². The Hall–Kier alpha value is -1.49. The zero-order valence-corrected chi connectivity index (χ0v) is 11.1. The van der Waals surface area contributed by atoms with Crippen LogP contribution in [0.25, 0.3) is 0 Å². The van der Waals surface area contributed by atoms with Crippen LogP contribution in [0.15, 0.2) is 6.07 Å². The monoisotopic (exact) mass is 249 g/mol. The molecule has 1 amide bonds. The van der Waals surface area contributed by atoms with Crippen LogP contribution in [0.2, 0.25) is 0 Å².